The Morgan fingerprint density at radius 2 is 2.08 bits per heavy atom. The lowest BCUT2D eigenvalue weighted by atomic mass is 9.66. The fourth-order valence-electron chi connectivity index (χ4n) is 4.66. The number of carbonyl (C=O) groups is 1. The summed E-state index contributed by atoms with van der Waals surface area (Å²) < 4.78 is 0. The largest absolute Gasteiger partial charge is 0.295 e. The fourth-order valence-corrected chi connectivity index (χ4v) is 4.66. The fraction of sp³-hybridized carbons (Fsp3) is 0.524. The number of hydrogen-bond acceptors (Lipinski definition) is 2. The van der Waals surface area contributed by atoms with Crippen LogP contribution in [0, 0.1) is 10.8 Å². The van der Waals surface area contributed by atoms with E-state index in [0.717, 1.165) is 30.4 Å². The zero-order valence-corrected chi connectivity index (χ0v) is 15.1. The molecule has 0 fully saturated rings. The van der Waals surface area contributed by atoms with Crippen LogP contribution in [0.4, 0.5) is 0 Å². The first kappa shape index (κ1) is 15.6. The summed E-state index contributed by atoms with van der Waals surface area (Å²) >= 11 is 0. The van der Waals surface area contributed by atoms with Gasteiger partial charge in [0.1, 0.15) is 0 Å². The molecule has 0 bridgehead atoms. The van der Waals surface area contributed by atoms with Crippen molar-refractivity contribution in [3.8, 4) is 0 Å². The van der Waals surface area contributed by atoms with E-state index in [9.17, 15) is 4.79 Å². The van der Waals surface area contributed by atoms with Gasteiger partial charge in [-0.1, -0.05) is 26.8 Å². The van der Waals surface area contributed by atoms with Crippen LogP contribution in [0.2, 0.25) is 0 Å². The number of H-pyrrole nitrogens is 1. The van der Waals surface area contributed by atoms with Crippen LogP contribution in [-0.4, -0.2) is 16.0 Å². The molecule has 1 N–H and O–H groups in total. The molecular weight excluding hydrogens is 296 g/mol. The second-order valence-electron chi connectivity index (χ2n) is 8.86. The maximum atomic E-state index is 12.4. The lowest BCUT2D eigenvalue weighted by Gasteiger charge is -2.37. The van der Waals surface area contributed by atoms with Crippen molar-refractivity contribution in [2.24, 2.45) is 10.8 Å². The first-order valence-corrected chi connectivity index (χ1v) is 9.01. The molecule has 1 aromatic heterocycles. The van der Waals surface area contributed by atoms with Gasteiger partial charge in [0.2, 0.25) is 0 Å². The van der Waals surface area contributed by atoms with Crippen LogP contribution in [0.25, 0.3) is 16.5 Å². The number of carbonyl (C=O) groups excluding carboxylic acids is 1. The first-order chi connectivity index (χ1) is 11.3. The van der Waals surface area contributed by atoms with Crippen molar-refractivity contribution in [3.63, 3.8) is 0 Å². The van der Waals surface area contributed by atoms with Gasteiger partial charge in [0.05, 0.1) is 11.7 Å². The summed E-state index contributed by atoms with van der Waals surface area (Å²) in [6.07, 6.45) is 7.02. The number of Topliss-reactive ketones (excluding diaryl/α,β-unsaturated/α-hetero) is 1. The van der Waals surface area contributed by atoms with Gasteiger partial charge in [-0.25, -0.2) is 0 Å². The highest BCUT2D eigenvalue weighted by atomic mass is 16.1. The Labute approximate surface area is 143 Å². The van der Waals surface area contributed by atoms with Gasteiger partial charge in [-0.2, -0.15) is 5.10 Å². The molecule has 2 aliphatic rings. The van der Waals surface area contributed by atoms with Crippen LogP contribution in [0.15, 0.2) is 23.9 Å². The molecule has 0 aliphatic heterocycles. The number of fused-ring (bicyclic) bond motifs is 5. The number of aromatic nitrogens is 2. The van der Waals surface area contributed by atoms with E-state index >= 15 is 0 Å². The second kappa shape index (κ2) is 5.05. The summed E-state index contributed by atoms with van der Waals surface area (Å²) in [5.41, 5.74) is 6.57. The molecule has 3 nitrogen and oxygen atoms in total. The summed E-state index contributed by atoms with van der Waals surface area (Å²) in [6.45, 7) is 8.97. The van der Waals surface area contributed by atoms with Gasteiger partial charge in [0.15, 0.2) is 5.78 Å². The number of benzene rings is 1. The van der Waals surface area contributed by atoms with Crippen LogP contribution in [0.3, 0.4) is 0 Å². The molecular formula is C21H26N2O. The number of ketones is 1. The van der Waals surface area contributed by atoms with Crippen LogP contribution in [0.1, 0.15) is 64.5 Å². The first-order valence-electron chi connectivity index (χ1n) is 9.01. The third-order valence-corrected chi connectivity index (χ3v) is 6.03. The van der Waals surface area contributed by atoms with Crippen LogP contribution < -0.4 is 0 Å². The third-order valence-electron chi connectivity index (χ3n) is 6.03. The van der Waals surface area contributed by atoms with E-state index in [4.69, 9.17) is 0 Å². The summed E-state index contributed by atoms with van der Waals surface area (Å²) in [6, 6.07) is 4.31. The van der Waals surface area contributed by atoms with E-state index in [1.807, 2.05) is 13.1 Å². The average Bonchev–Trinajstić information content (AvgIpc) is 3.10. The minimum Gasteiger partial charge on any atom is -0.295 e. The van der Waals surface area contributed by atoms with Gasteiger partial charge >= 0.3 is 0 Å². The lowest BCUT2D eigenvalue weighted by molar-refractivity contribution is -0.116. The van der Waals surface area contributed by atoms with Gasteiger partial charge in [-0.15, -0.1) is 0 Å². The smallest absolute Gasteiger partial charge is 0.158 e. The SMILES string of the molecule is CC1=C2c3ccc4[nH]ncc4c3CC2(CCC(C)(C)C)CCC1=O. The van der Waals surface area contributed by atoms with Crippen molar-refractivity contribution in [2.45, 2.75) is 59.8 Å². The average molecular weight is 322 g/mol. The molecule has 2 aliphatic carbocycles. The molecule has 0 saturated heterocycles. The van der Waals surface area contributed by atoms with E-state index in [-0.39, 0.29) is 5.41 Å². The topological polar surface area (TPSA) is 45.8 Å². The molecule has 3 heteroatoms. The third kappa shape index (κ3) is 2.25. The second-order valence-corrected chi connectivity index (χ2v) is 8.86. The molecule has 0 amide bonds. The Balaban J connectivity index is 1.89. The molecule has 0 saturated carbocycles. The van der Waals surface area contributed by atoms with E-state index in [1.165, 1.54) is 28.5 Å². The van der Waals surface area contributed by atoms with Crippen LogP contribution in [0.5, 0.6) is 0 Å². The number of rotatable bonds is 2. The van der Waals surface area contributed by atoms with Gasteiger partial charge in [0, 0.05) is 17.2 Å². The molecule has 24 heavy (non-hydrogen) atoms. The van der Waals surface area contributed by atoms with Crippen LogP contribution >= 0.6 is 0 Å². The van der Waals surface area contributed by atoms with Gasteiger partial charge in [0.25, 0.3) is 0 Å². The van der Waals surface area contributed by atoms with Crippen LogP contribution in [-0.2, 0) is 11.2 Å². The Bertz CT molecular complexity index is 866. The predicted octanol–water partition coefficient (Wildman–Crippen LogP) is 5.07. The normalized spacial score (nSPS) is 23.8. The molecule has 4 rings (SSSR count). The van der Waals surface area contributed by atoms with Gasteiger partial charge < -0.3 is 0 Å². The maximum Gasteiger partial charge on any atom is 0.158 e. The number of nitrogens with one attached hydrogen (secondary N) is 1. The Morgan fingerprint density at radius 3 is 2.83 bits per heavy atom. The Morgan fingerprint density at radius 1 is 1.29 bits per heavy atom. The molecule has 126 valence electrons. The highest BCUT2D eigenvalue weighted by Gasteiger charge is 2.46. The molecule has 0 spiro atoms. The highest BCUT2D eigenvalue weighted by molar-refractivity contribution is 6.07. The Kier molecular flexibility index (Phi) is 3.28. The summed E-state index contributed by atoms with van der Waals surface area (Å²) in [5, 5.41) is 8.54. The molecule has 2 aromatic rings. The number of allylic oxidation sites excluding steroid dienone is 2. The molecule has 1 atom stereocenters. The van der Waals surface area contributed by atoms with E-state index in [1.54, 1.807) is 0 Å². The standard InChI is InChI=1S/C21H26N2O/c1-13-18(24)7-8-21(10-9-20(2,3)4)11-15-14(19(13)21)5-6-17-16(15)12-22-23-17/h5-6,12H,7-11H2,1-4H3,(H,22,23). The summed E-state index contributed by atoms with van der Waals surface area (Å²) in [4.78, 5) is 12.4. The molecule has 0 radical (unpaired) electrons. The highest BCUT2D eigenvalue weighted by Crippen LogP contribution is 2.57. The lowest BCUT2D eigenvalue weighted by Crippen LogP contribution is -2.29. The van der Waals surface area contributed by atoms with Gasteiger partial charge in [-0.05, 0) is 66.4 Å². The predicted molar refractivity (Wildman–Crippen MR) is 97.8 cm³/mol. The van der Waals surface area contributed by atoms with E-state index in [2.05, 4.69) is 43.1 Å². The minimum atomic E-state index is 0.138. The van der Waals surface area contributed by atoms with E-state index < -0.39 is 0 Å². The van der Waals surface area contributed by atoms with Gasteiger partial charge in [-0.3, -0.25) is 9.89 Å². The monoisotopic (exact) mass is 322 g/mol. The summed E-state index contributed by atoms with van der Waals surface area (Å²) in [7, 11) is 0. The van der Waals surface area contributed by atoms with E-state index in [0.29, 0.717) is 17.6 Å². The van der Waals surface area contributed by atoms with Crippen molar-refractivity contribution in [1.29, 1.82) is 0 Å². The quantitative estimate of drug-likeness (QED) is 0.839. The molecule has 1 aromatic carbocycles. The zero-order valence-electron chi connectivity index (χ0n) is 15.1. The maximum absolute atomic E-state index is 12.4. The molecule has 1 unspecified atom stereocenters. The molecule has 1 heterocycles. The van der Waals surface area contributed by atoms with Crippen molar-refractivity contribution in [1.82, 2.24) is 10.2 Å². The van der Waals surface area contributed by atoms with Crippen molar-refractivity contribution >= 4 is 22.3 Å². The van der Waals surface area contributed by atoms with Crippen molar-refractivity contribution < 1.29 is 4.79 Å². The van der Waals surface area contributed by atoms with Crippen molar-refractivity contribution in [3.05, 3.63) is 35.0 Å². The number of nitrogens with zero attached hydrogens (tertiary/aromatic N) is 1. The minimum absolute atomic E-state index is 0.138. The number of aromatic amines is 1. The number of hydrogen-bond donors (Lipinski definition) is 1. The summed E-state index contributed by atoms with van der Waals surface area (Å²) in [5.74, 6) is 0.330. The van der Waals surface area contributed by atoms with Crippen molar-refractivity contribution in [2.75, 3.05) is 0 Å². The Hall–Kier alpha value is -1.90. The zero-order chi connectivity index (χ0) is 17.1.